The first kappa shape index (κ1) is 39.3. The van der Waals surface area contributed by atoms with Crippen LogP contribution < -0.4 is 24.3 Å². The van der Waals surface area contributed by atoms with Crippen LogP contribution in [0.5, 0.6) is 23.0 Å². The highest BCUT2D eigenvalue weighted by Crippen LogP contribution is 2.55. The van der Waals surface area contributed by atoms with Crippen LogP contribution in [0.4, 0.5) is 20.2 Å². The number of hydrogen-bond donors (Lipinski definition) is 1. The van der Waals surface area contributed by atoms with Crippen LogP contribution in [0.2, 0.25) is 0 Å². The Morgan fingerprint density at radius 3 is 2.24 bits per heavy atom. The maximum absolute atomic E-state index is 13.9. The molecular weight excluding hydrogens is 757 g/mol. The molecule has 1 aliphatic carbocycles. The molecule has 1 saturated carbocycles. The highest BCUT2D eigenvalue weighted by molar-refractivity contribution is 6.04. The second-order valence-electron chi connectivity index (χ2n) is 17.0. The lowest BCUT2D eigenvalue weighted by Gasteiger charge is -2.31. The lowest BCUT2D eigenvalue weighted by Crippen LogP contribution is -2.36. The van der Waals surface area contributed by atoms with Gasteiger partial charge in [0.1, 0.15) is 0 Å². The molecule has 2 amide bonds. The van der Waals surface area contributed by atoms with Crippen LogP contribution in [0.15, 0.2) is 59.7 Å². The molecule has 0 bridgehead atoms. The Morgan fingerprint density at radius 1 is 0.864 bits per heavy atom. The van der Waals surface area contributed by atoms with E-state index < -0.39 is 6.43 Å². The highest BCUT2D eigenvalue weighted by Gasteiger charge is 2.53. The fourth-order valence-corrected chi connectivity index (χ4v) is 9.56. The Morgan fingerprint density at radius 2 is 1.56 bits per heavy atom. The van der Waals surface area contributed by atoms with Crippen LogP contribution in [-0.4, -0.2) is 111 Å². The van der Waals surface area contributed by atoms with Gasteiger partial charge in [-0.05, 0) is 111 Å². The van der Waals surface area contributed by atoms with Crippen LogP contribution in [0.1, 0.15) is 95.5 Å². The summed E-state index contributed by atoms with van der Waals surface area (Å²) in [5, 5.41) is 3.50. The number of unbranched alkanes of at least 4 members (excludes halogenated alkanes) is 2. The van der Waals surface area contributed by atoms with Crippen molar-refractivity contribution in [1.82, 2.24) is 14.7 Å². The molecule has 312 valence electrons. The number of ether oxygens (including phenoxy) is 4. The molecule has 0 unspecified atom stereocenters. The smallest absolute Gasteiger partial charge is 0.260 e. The van der Waals surface area contributed by atoms with Gasteiger partial charge in [0, 0.05) is 37.6 Å². The Hall–Kier alpha value is -5.17. The summed E-state index contributed by atoms with van der Waals surface area (Å²) in [5.41, 5.74) is 6.18. The second kappa shape index (κ2) is 16.5. The molecule has 13 heteroatoms. The van der Waals surface area contributed by atoms with E-state index in [4.69, 9.17) is 23.9 Å². The summed E-state index contributed by atoms with van der Waals surface area (Å²) in [4.78, 5) is 37.8. The molecule has 11 nitrogen and oxygen atoms in total. The largest absolute Gasteiger partial charge is 0.493 e. The molecule has 0 aromatic heterocycles. The van der Waals surface area contributed by atoms with Gasteiger partial charge in [0.15, 0.2) is 23.0 Å². The minimum atomic E-state index is -2.29. The van der Waals surface area contributed by atoms with Crippen molar-refractivity contribution < 1.29 is 37.3 Å². The Labute approximate surface area is 344 Å². The van der Waals surface area contributed by atoms with E-state index in [0.29, 0.717) is 84.0 Å². The lowest BCUT2D eigenvalue weighted by atomic mass is 9.88. The summed E-state index contributed by atoms with van der Waals surface area (Å²) in [5.74, 6) is 2.49. The summed E-state index contributed by atoms with van der Waals surface area (Å²) in [6, 6.07) is 15.8. The monoisotopic (exact) mass is 809 g/mol. The zero-order valence-electron chi connectivity index (χ0n) is 33.9. The van der Waals surface area contributed by atoms with E-state index in [1.165, 1.54) is 18.4 Å². The van der Waals surface area contributed by atoms with E-state index in [2.05, 4.69) is 29.6 Å². The van der Waals surface area contributed by atoms with E-state index in [1.54, 1.807) is 26.4 Å². The third kappa shape index (κ3) is 8.10. The van der Waals surface area contributed by atoms with Gasteiger partial charge in [-0.25, -0.2) is 8.78 Å². The number of benzene rings is 3. The van der Waals surface area contributed by atoms with Gasteiger partial charge in [-0.3, -0.25) is 19.5 Å². The summed E-state index contributed by atoms with van der Waals surface area (Å²) in [6.45, 7) is 3.59. The fourth-order valence-electron chi connectivity index (χ4n) is 9.56. The van der Waals surface area contributed by atoms with Crippen molar-refractivity contribution in [2.75, 3.05) is 65.5 Å². The van der Waals surface area contributed by atoms with Gasteiger partial charge in [0.05, 0.1) is 68.6 Å². The van der Waals surface area contributed by atoms with Crippen molar-refractivity contribution in [3.63, 3.8) is 0 Å². The van der Waals surface area contributed by atoms with Crippen molar-refractivity contribution in [2.45, 2.75) is 82.2 Å². The van der Waals surface area contributed by atoms with Crippen LogP contribution >= 0.6 is 0 Å². The van der Waals surface area contributed by atoms with Gasteiger partial charge in [0.2, 0.25) is 0 Å². The Bertz CT molecular complexity index is 2130. The van der Waals surface area contributed by atoms with Crippen molar-refractivity contribution in [3.8, 4) is 23.0 Å². The van der Waals surface area contributed by atoms with E-state index in [9.17, 15) is 18.4 Å². The number of amides is 2. The molecule has 3 aromatic carbocycles. The number of fused-ring (bicyclic) bond motifs is 4. The molecule has 5 aliphatic heterocycles. The van der Waals surface area contributed by atoms with Gasteiger partial charge in [-0.1, -0.05) is 24.3 Å². The predicted octanol–water partition coefficient (Wildman–Crippen LogP) is 8.17. The number of aliphatic imine (C=N–C) groups is 1. The minimum Gasteiger partial charge on any atom is -0.493 e. The zero-order valence-corrected chi connectivity index (χ0v) is 33.9. The number of nitrogens with zero attached hydrogens (tertiary/aromatic N) is 4. The molecule has 0 radical (unpaired) electrons. The number of halogens is 2. The van der Waals surface area contributed by atoms with Crippen molar-refractivity contribution in [1.29, 1.82) is 0 Å². The molecule has 59 heavy (non-hydrogen) atoms. The zero-order chi connectivity index (χ0) is 40.7. The van der Waals surface area contributed by atoms with Crippen LogP contribution in [0.3, 0.4) is 0 Å². The number of rotatable bonds is 14. The third-order valence-electron chi connectivity index (χ3n) is 13.1. The number of carbonyl (C=O) groups is 2. The quantitative estimate of drug-likeness (QED) is 0.163. The van der Waals surface area contributed by atoms with Gasteiger partial charge >= 0.3 is 0 Å². The Kier molecular flexibility index (Phi) is 11.0. The lowest BCUT2D eigenvalue weighted by molar-refractivity contribution is 0.0752. The first-order chi connectivity index (χ1) is 28.7. The summed E-state index contributed by atoms with van der Waals surface area (Å²) in [6.07, 6.45) is 9.93. The summed E-state index contributed by atoms with van der Waals surface area (Å²) in [7, 11) is 3.17. The highest BCUT2D eigenvalue weighted by atomic mass is 19.3. The van der Waals surface area contributed by atoms with E-state index >= 15 is 0 Å². The molecule has 5 heterocycles. The molecule has 9 rings (SSSR count). The van der Waals surface area contributed by atoms with Crippen LogP contribution in [0.25, 0.3) is 5.57 Å². The number of likely N-dealkylation sites (tertiary alicyclic amines) is 1. The van der Waals surface area contributed by atoms with Gasteiger partial charge < -0.3 is 34.1 Å². The molecule has 6 aliphatic rings. The SMILES string of the molecule is COc1cc2c(cc1OCCCCCOc1cc3c(cc1OC)C(=O)N1C=C(c4ccc(C5CCN(CC(F)F)CC5)cc4)C[C@H]1CN3)N=C[C@@H]1CC3(CC3)CN1C2=O. The average Bonchev–Trinajstić information content (AvgIpc) is 3.78. The summed E-state index contributed by atoms with van der Waals surface area (Å²) < 4.78 is 49.3. The van der Waals surface area contributed by atoms with Crippen molar-refractivity contribution in [3.05, 3.63) is 77.0 Å². The normalized spacial score (nSPS) is 21.9. The predicted molar refractivity (Wildman–Crippen MR) is 222 cm³/mol. The summed E-state index contributed by atoms with van der Waals surface area (Å²) >= 11 is 0. The number of hydrogen-bond acceptors (Lipinski definition) is 9. The van der Waals surface area contributed by atoms with Crippen molar-refractivity contribution >= 4 is 35.0 Å². The maximum Gasteiger partial charge on any atom is 0.260 e. The first-order valence-electron chi connectivity index (χ1n) is 21.1. The van der Waals surface area contributed by atoms with Gasteiger partial charge in [-0.15, -0.1) is 0 Å². The second-order valence-corrected chi connectivity index (χ2v) is 17.0. The Balaban J connectivity index is 0.764. The van der Waals surface area contributed by atoms with Crippen LogP contribution in [-0.2, 0) is 0 Å². The number of piperidine rings is 1. The minimum absolute atomic E-state index is 0.0117. The number of carbonyl (C=O) groups excluding carboxylic acids is 2. The van der Waals surface area contributed by atoms with E-state index in [0.717, 1.165) is 68.3 Å². The van der Waals surface area contributed by atoms with Gasteiger partial charge in [-0.2, -0.15) is 0 Å². The molecule has 1 N–H and O–H groups in total. The topological polar surface area (TPSA) is 105 Å². The third-order valence-corrected chi connectivity index (χ3v) is 13.1. The number of alkyl halides is 2. The van der Waals surface area contributed by atoms with Crippen molar-refractivity contribution in [2.24, 2.45) is 10.4 Å². The molecule has 2 atom stereocenters. The first-order valence-corrected chi connectivity index (χ1v) is 21.1. The number of nitrogens with one attached hydrogen (secondary N) is 1. The molecule has 2 saturated heterocycles. The fraction of sp³-hybridized carbons (Fsp3) is 0.500. The van der Waals surface area contributed by atoms with E-state index in [-0.39, 0.29) is 30.4 Å². The molecule has 1 spiro atoms. The molecular formula is C46H53F2N5O6. The average molecular weight is 810 g/mol. The standard InChI is InChI=1S/C46H53F2N5O6/c1-56-39-19-35-37(49-24-33-18-32(26-52(33)44(35)54)30-8-6-29(7-9-30)31-10-14-51(15-11-31)27-43(47)48)21-41(39)58-16-4-3-5-17-59-42-22-38-36(20-40(42)57-2)45(55)53-28-46(12-13-46)23-34(53)25-50-38/h6-9,19-22,25-26,31,33-34,43,49H,3-5,10-18,23-24,27-28H2,1-2H3/t33-,34-/m0/s1. The number of anilines is 1. The number of methoxy groups -OCH3 is 2. The van der Waals surface area contributed by atoms with E-state index in [1.807, 2.05) is 39.2 Å². The molecule has 3 aromatic rings. The maximum atomic E-state index is 13.9. The molecule has 3 fully saturated rings. The van der Waals surface area contributed by atoms with Gasteiger partial charge in [0.25, 0.3) is 18.2 Å². The van der Waals surface area contributed by atoms with Crippen LogP contribution in [0, 0.1) is 5.41 Å².